The van der Waals surface area contributed by atoms with Crippen molar-refractivity contribution in [1.82, 2.24) is 5.32 Å². The van der Waals surface area contributed by atoms with Crippen LogP contribution in [0.2, 0.25) is 0 Å². The molecule has 0 radical (unpaired) electrons. The number of ketones is 2. The maximum Gasteiger partial charge on any atom is 0.143 e. The molecule has 0 aliphatic heterocycles. The van der Waals surface area contributed by atoms with Crippen molar-refractivity contribution in [1.29, 1.82) is 0 Å². The second-order valence-electron chi connectivity index (χ2n) is 9.90. The Balaban J connectivity index is 4.10. The maximum absolute atomic E-state index is 12.8. The SMILES string of the molecule is CCCCCCCCCCCC(=O)C(CCNCCO)C(=O)CCCCCCCCCCC. The van der Waals surface area contributed by atoms with Gasteiger partial charge in [0.15, 0.2) is 0 Å². The lowest BCUT2D eigenvalue weighted by Crippen LogP contribution is -2.29. The van der Waals surface area contributed by atoms with Crippen LogP contribution >= 0.6 is 0 Å². The molecule has 0 bridgehead atoms. The van der Waals surface area contributed by atoms with E-state index in [1.54, 1.807) is 0 Å². The second kappa shape index (κ2) is 25.9. The van der Waals surface area contributed by atoms with Gasteiger partial charge < -0.3 is 10.4 Å². The van der Waals surface area contributed by atoms with Crippen LogP contribution in [0.3, 0.4) is 0 Å². The van der Waals surface area contributed by atoms with Crippen LogP contribution in [0.25, 0.3) is 0 Å². The Bertz CT molecular complexity index is 405. The van der Waals surface area contributed by atoms with Gasteiger partial charge in [-0.3, -0.25) is 9.59 Å². The number of unbranched alkanes of at least 4 members (excludes halogenated alkanes) is 16. The number of carbonyl (C=O) groups excluding carboxylic acids is 2. The van der Waals surface area contributed by atoms with E-state index in [2.05, 4.69) is 19.2 Å². The van der Waals surface area contributed by atoms with Gasteiger partial charge in [0.05, 0.1) is 12.5 Å². The van der Waals surface area contributed by atoms with Crippen LogP contribution in [0, 0.1) is 5.92 Å². The third-order valence-electron chi connectivity index (χ3n) is 6.73. The van der Waals surface area contributed by atoms with Crippen molar-refractivity contribution >= 4 is 11.6 Å². The summed E-state index contributed by atoms with van der Waals surface area (Å²) in [6, 6.07) is 0. The number of aliphatic hydroxyl groups is 1. The highest BCUT2D eigenvalue weighted by Crippen LogP contribution is 2.18. The highest BCUT2D eigenvalue weighted by molar-refractivity contribution is 6.02. The molecule has 0 aromatic rings. The van der Waals surface area contributed by atoms with Gasteiger partial charge in [-0.1, -0.05) is 117 Å². The molecular weight excluding hydrogens is 410 g/mol. The van der Waals surface area contributed by atoms with E-state index in [0.29, 0.717) is 32.4 Å². The first-order valence-corrected chi connectivity index (χ1v) is 14.5. The van der Waals surface area contributed by atoms with E-state index in [1.165, 1.54) is 89.9 Å². The number of aliphatic hydroxyl groups excluding tert-OH is 1. The molecule has 0 aliphatic carbocycles. The zero-order valence-electron chi connectivity index (χ0n) is 22.3. The van der Waals surface area contributed by atoms with Crippen LogP contribution in [0.5, 0.6) is 0 Å². The van der Waals surface area contributed by atoms with Gasteiger partial charge in [-0.05, 0) is 25.8 Å². The zero-order chi connectivity index (χ0) is 24.4. The quantitative estimate of drug-likeness (QED) is 0.0966. The van der Waals surface area contributed by atoms with Crippen LogP contribution in [-0.4, -0.2) is 36.4 Å². The Morgan fingerprint density at radius 3 is 1.30 bits per heavy atom. The van der Waals surface area contributed by atoms with Crippen molar-refractivity contribution in [3.05, 3.63) is 0 Å². The first-order valence-electron chi connectivity index (χ1n) is 14.5. The van der Waals surface area contributed by atoms with Gasteiger partial charge in [0.1, 0.15) is 11.6 Å². The van der Waals surface area contributed by atoms with Crippen molar-refractivity contribution in [3.63, 3.8) is 0 Å². The van der Waals surface area contributed by atoms with Crippen molar-refractivity contribution < 1.29 is 14.7 Å². The topological polar surface area (TPSA) is 66.4 Å². The molecule has 0 aromatic heterocycles. The monoisotopic (exact) mass is 467 g/mol. The summed E-state index contributed by atoms with van der Waals surface area (Å²) in [6.07, 6.45) is 23.9. The molecule has 0 atom stereocenters. The highest BCUT2D eigenvalue weighted by Gasteiger charge is 2.24. The summed E-state index contributed by atoms with van der Waals surface area (Å²) < 4.78 is 0. The second-order valence-corrected chi connectivity index (χ2v) is 9.90. The van der Waals surface area contributed by atoms with E-state index in [1.807, 2.05) is 0 Å². The lowest BCUT2D eigenvalue weighted by Gasteiger charge is -2.15. The zero-order valence-corrected chi connectivity index (χ0v) is 22.3. The standard InChI is InChI=1S/C29H57NO3/c1-3-5-7-9-11-13-15-17-19-21-28(32)27(23-24-30-25-26-31)29(33)22-20-18-16-14-12-10-8-6-4-2/h27,30-31H,3-26H2,1-2H3. The number of rotatable bonds is 27. The minimum absolute atomic E-state index is 0.0868. The lowest BCUT2D eigenvalue weighted by atomic mass is 9.89. The predicted molar refractivity (Wildman–Crippen MR) is 142 cm³/mol. The van der Waals surface area contributed by atoms with E-state index in [9.17, 15) is 9.59 Å². The van der Waals surface area contributed by atoms with Crippen molar-refractivity contribution in [2.45, 2.75) is 149 Å². The number of nitrogens with one attached hydrogen (secondary N) is 1. The van der Waals surface area contributed by atoms with Gasteiger partial charge in [-0.15, -0.1) is 0 Å². The van der Waals surface area contributed by atoms with Gasteiger partial charge in [-0.2, -0.15) is 0 Å². The third-order valence-corrected chi connectivity index (χ3v) is 6.73. The minimum atomic E-state index is -0.445. The first kappa shape index (κ1) is 32.3. The maximum atomic E-state index is 12.8. The largest absolute Gasteiger partial charge is 0.395 e. The molecule has 4 heteroatoms. The summed E-state index contributed by atoms with van der Waals surface area (Å²) in [7, 11) is 0. The summed E-state index contributed by atoms with van der Waals surface area (Å²) in [5, 5.41) is 12.1. The predicted octanol–water partition coefficient (Wildman–Crippen LogP) is 7.55. The average molecular weight is 468 g/mol. The number of hydrogen-bond acceptors (Lipinski definition) is 4. The highest BCUT2D eigenvalue weighted by atomic mass is 16.3. The third kappa shape index (κ3) is 21.5. The fourth-order valence-electron chi connectivity index (χ4n) is 4.52. The molecule has 0 heterocycles. The molecule has 0 aliphatic rings. The van der Waals surface area contributed by atoms with Crippen molar-refractivity contribution in [3.8, 4) is 0 Å². The van der Waals surface area contributed by atoms with Crippen LogP contribution in [0.1, 0.15) is 149 Å². The van der Waals surface area contributed by atoms with Crippen LogP contribution in [0.4, 0.5) is 0 Å². The summed E-state index contributed by atoms with van der Waals surface area (Å²) in [6.45, 7) is 5.72. The Morgan fingerprint density at radius 2 is 0.939 bits per heavy atom. The molecule has 196 valence electrons. The summed E-state index contributed by atoms with van der Waals surface area (Å²) in [5.74, 6) is -0.159. The smallest absolute Gasteiger partial charge is 0.143 e. The van der Waals surface area contributed by atoms with E-state index < -0.39 is 5.92 Å². The molecule has 0 saturated heterocycles. The fourth-order valence-corrected chi connectivity index (χ4v) is 4.52. The minimum Gasteiger partial charge on any atom is -0.395 e. The molecule has 0 aromatic carbocycles. The Morgan fingerprint density at radius 1 is 0.576 bits per heavy atom. The summed E-state index contributed by atoms with van der Waals surface area (Å²) >= 11 is 0. The van der Waals surface area contributed by atoms with Gasteiger partial charge in [0.2, 0.25) is 0 Å². The van der Waals surface area contributed by atoms with Gasteiger partial charge in [0, 0.05) is 19.4 Å². The number of Topliss-reactive ketones (excluding diaryl/α,β-unsaturated/α-hetero) is 2. The van der Waals surface area contributed by atoms with Crippen molar-refractivity contribution in [2.75, 3.05) is 19.7 Å². The first-order chi connectivity index (χ1) is 16.2. The van der Waals surface area contributed by atoms with Gasteiger partial charge in [0.25, 0.3) is 0 Å². The number of carbonyl (C=O) groups is 2. The summed E-state index contributed by atoms with van der Waals surface area (Å²) in [4.78, 5) is 25.6. The van der Waals surface area contributed by atoms with Gasteiger partial charge in [-0.25, -0.2) is 0 Å². The van der Waals surface area contributed by atoms with Crippen molar-refractivity contribution in [2.24, 2.45) is 5.92 Å². The summed E-state index contributed by atoms with van der Waals surface area (Å²) in [5.41, 5.74) is 0. The molecule has 0 rings (SSSR count). The molecule has 4 nitrogen and oxygen atoms in total. The van der Waals surface area contributed by atoms with Crippen LogP contribution in [0.15, 0.2) is 0 Å². The fraction of sp³-hybridized carbons (Fsp3) is 0.931. The molecular formula is C29H57NO3. The van der Waals surface area contributed by atoms with E-state index in [4.69, 9.17) is 5.11 Å². The van der Waals surface area contributed by atoms with E-state index in [-0.39, 0.29) is 18.2 Å². The molecule has 0 fully saturated rings. The lowest BCUT2D eigenvalue weighted by molar-refractivity contribution is -0.133. The molecule has 0 unspecified atom stereocenters. The van der Waals surface area contributed by atoms with Crippen LogP contribution < -0.4 is 5.32 Å². The Hall–Kier alpha value is -0.740. The molecule has 2 N–H and O–H groups in total. The van der Waals surface area contributed by atoms with Gasteiger partial charge >= 0.3 is 0 Å². The van der Waals surface area contributed by atoms with E-state index >= 15 is 0 Å². The normalized spacial score (nSPS) is 11.4. The van der Waals surface area contributed by atoms with Crippen LogP contribution in [-0.2, 0) is 9.59 Å². The Kier molecular flexibility index (Phi) is 25.3. The average Bonchev–Trinajstić information content (AvgIpc) is 2.81. The Labute approximate surface area is 206 Å². The van der Waals surface area contributed by atoms with E-state index in [0.717, 1.165) is 25.7 Å². The molecule has 0 amide bonds. The molecule has 33 heavy (non-hydrogen) atoms. The molecule has 0 saturated carbocycles. The number of hydrogen-bond donors (Lipinski definition) is 2. The molecule has 0 spiro atoms.